The Labute approximate surface area is 123 Å². The predicted molar refractivity (Wildman–Crippen MR) is 85.6 cm³/mol. The van der Waals surface area contributed by atoms with Crippen LogP contribution in [0.5, 0.6) is 5.75 Å². The van der Waals surface area contributed by atoms with Gasteiger partial charge in [0.1, 0.15) is 12.4 Å². The molecule has 2 rings (SSSR count). The van der Waals surface area contributed by atoms with Crippen molar-refractivity contribution in [1.29, 1.82) is 0 Å². The number of nitrogens with one attached hydrogen (secondary N) is 1. The Balaban J connectivity index is 1.67. The fraction of sp³-hybridized carbons (Fsp3) is 0.667. The van der Waals surface area contributed by atoms with Gasteiger partial charge >= 0.3 is 0 Å². The van der Waals surface area contributed by atoms with Crippen molar-refractivity contribution in [2.75, 3.05) is 19.7 Å². The summed E-state index contributed by atoms with van der Waals surface area (Å²) in [5, 5.41) is 3.52. The third kappa shape index (κ3) is 4.52. The smallest absolute Gasteiger partial charge is 0.119 e. The number of ether oxygens (including phenoxy) is 1. The van der Waals surface area contributed by atoms with Crippen molar-refractivity contribution in [3.05, 3.63) is 29.3 Å². The van der Waals surface area contributed by atoms with Gasteiger partial charge in [-0.2, -0.15) is 0 Å². The number of hydrogen-bond acceptors (Lipinski definition) is 2. The van der Waals surface area contributed by atoms with Crippen LogP contribution in [0.25, 0.3) is 0 Å². The van der Waals surface area contributed by atoms with Gasteiger partial charge in [-0.1, -0.05) is 32.8 Å². The molecule has 1 aromatic carbocycles. The molecule has 0 heterocycles. The molecule has 0 radical (unpaired) electrons. The van der Waals surface area contributed by atoms with Crippen LogP contribution in [0.4, 0.5) is 0 Å². The van der Waals surface area contributed by atoms with E-state index in [1.54, 1.807) is 0 Å². The van der Waals surface area contributed by atoms with Gasteiger partial charge in [0.15, 0.2) is 0 Å². The van der Waals surface area contributed by atoms with Crippen LogP contribution in [0.15, 0.2) is 18.2 Å². The summed E-state index contributed by atoms with van der Waals surface area (Å²) in [5.41, 5.74) is 2.74. The first-order valence-electron chi connectivity index (χ1n) is 8.11. The van der Waals surface area contributed by atoms with Crippen molar-refractivity contribution >= 4 is 0 Å². The van der Waals surface area contributed by atoms with Gasteiger partial charge < -0.3 is 10.1 Å². The second kappa shape index (κ2) is 7.68. The lowest BCUT2D eigenvalue weighted by atomic mass is 9.98. The molecule has 0 saturated heterocycles. The monoisotopic (exact) mass is 275 g/mol. The maximum absolute atomic E-state index is 5.82. The van der Waals surface area contributed by atoms with Gasteiger partial charge in [-0.3, -0.25) is 0 Å². The zero-order chi connectivity index (χ0) is 14.4. The summed E-state index contributed by atoms with van der Waals surface area (Å²) in [7, 11) is 0. The maximum Gasteiger partial charge on any atom is 0.119 e. The first-order valence-corrected chi connectivity index (χ1v) is 8.11. The summed E-state index contributed by atoms with van der Waals surface area (Å²) in [6, 6.07) is 6.45. The van der Waals surface area contributed by atoms with Crippen molar-refractivity contribution in [2.24, 2.45) is 5.92 Å². The Bertz CT molecular complexity index is 408. The fourth-order valence-electron chi connectivity index (χ4n) is 3.15. The highest BCUT2D eigenvalue weighted by molar-refractivity contribution is 5.36. The van der Waals surface area contributed by atoms with E-state index in [0.717, 1.165) is 31.4 Å². The number of aryl methyl sites for hydroxylation is 1. The van der Waals surface area contributed by atoms with Crippen molar-refractivity contribution in [2.45, 2.75) is 52.4 Å². The van der Waals surface area contributed by atoms with E-state index in [4.69, 9.17) is 4.74 Å². The van der Waals surface area contributed by atoms with Crippen LogP contribution < -0.4 is 10.1 Å². The van der Waals surface area contributed by atoms with Crippen molar-refractivity contribution in [3.63, 3.8) is 0 Å². The van der Waals surface area contributed by atoms with E-state index >= 15 is 0 Å². The topological polar surface area (TPSA) is 21.3 Å². The lowest BCUT2D eigenvalue weighted by Gasteiger charge is -2.13. The predicted octanol–water partition coefficient (Wildman–Crippen LogP) is 4.28. The molecule has 20 heavy (non-hydrogen) atoms. The SMILES string of the molecule is Cc1cc(OCCNCC2CCCC2)ccc1C(C)C. The average Bonchev–Trinajstić information content (AvgIpc) is 2.91. The molecule has 1 aliphatic rings. The summed E-state index contributed by atoms with van der Waals surface area (Å²) in [5.74, 6) is 2.48. The second-order valence-corrected chi connectivity index (χ2v) is 6.38. The molecule has 0 atom stereocenters. The lowest BCUT2D eigenvalue weighted by molar-refractivity contribution is 0.308. The third-order valence-electron chi connectivity index (χ3n) is 4.32. The van der Waals surface area contributed by atoms with E-state index in [0.29, 0.717) is 5.92 Å². The van der Waals surface area contributed by atoms with Crippen LogP contribution in [0, 0.1) is 12.8 Å². The van der Waals surface area contributed by atoms with Crippen LogP contribution in [0.2, 0.25) is 0 Å². The Kier molecular flexibility index (Phi) is 5.90. The molecule has 1 fully saturated rings. The Morgan fingerprint density at radius 2 is 2.00 bits per heavy atom. The lowest BCUT2D eigenvalue weighted by Crippen LogP contribution is -2.26. The molecule has 112 valence electrons. The summed E-state index contributed by atoms with van der Waals surface area (Å²) in [6.45, 7) is 9.50. The molecule has 0 amide bonds. The second-order valence-electron chi connectivity index (χ2n) is 6.38. The van der Waals surface area contributed by atoms with Crippen LogP contribution >= 0.6 is 0 Å². The zero-order valence-electron chi connectivity index (χ0n) is 13.2. The number of rotatable bonds is 7. The highest BCUT2D eigenvalue weighted by Crippen LogP contribution is 2.24. The van der Waals surface area contributed by atoms with E-state index in [2.05, 4.69) is 44.3 Å². The Morgan fingerprint density at radius 1 is 1.25 bits per heavy atom. The molecule has 2 nitrogen and oxygen atoms in total. The molecular weight excluding hydrogens is 246 g/mol. The molecule has 1 aliphatic carbocycles. The zero-order valence-corrected chi connectivity index (χ0v) is 13.2. The van der Waals surface area contributed by atoms with Gasteiger partial charge in [-0.25, -0.2) is 0 Å². The molecule has 0 aliphatic heterocycles. The van der Waals surface area contributed by atoms with Gasteiger partial charge in [0.2, 0.25) is 0 Å². The molecule has 0 bridgehead atoms. The average molecular weight is 275 g/mol. The molecule has 1 saturated carbocycles. The summed E-state index contributed by atoms with van der Waals surface area (Å²) in [6.07, 6.45) is 5.65. The summed E-state index contributed by atoms with van der Waals surface area (Å²) < 4.78 is 5.82. The number of benzene rings is 1. The standard InChI is InChI=1S/C18H29NO/c1-14(2)18-9-8-17(12-15(18)3)20-11-10-19-13-16-6-4-5-7-16/h8-9,12,14,16,19H,4-7,10-11,13H2,1-3H3. The molecule has 1 N–H and O–H groups in total. The van der Waals surface area contributed by atoms with Gasteiger partial charge in [0.25, 0.3) is 0 Å². The third-order valence-corrected chi connectivity index (χ3v) is 4.32. The first kappa shape index (κ1) is 15.4. The highest BCUT2D eigenvalue weighted by atomic mass is 16.5. The van der Waals surface area contributed by atoms with Gasteiger partial charge in [-0.15, -0.1) is 0 Å². The minimum absolute atomic E-state index is 0.581. The van der Waals surface area contributed by atoms with Crippen LogP contribution in [0.1, 0.15) is 56.6 Å². The number of hydrogen-bond donors (Lipinski definition) is 1. The van der Waals surface area contributed by atoms with E-state index in [1.807, 2.05) is 0 Å². The summed E-state index contributed by atoms with van der Waals surface area (Å²) in [4.78, 5) is 0. The van der Waals surface area contributed by atoms with E-state index in [1.165, 1.54) is 36.8 Å². The van der Waals surface area contributed by atoms with Crippen molar-refractivity contribution < 1.29 is 4.74 Å². The van der Waals surface area contributed by atoms with Crippen LogP contribution in [-0.4, -0.2) is 19.7 Å². The molecule has 2 heteroatoms. The summed E-state index contributed by atoms with van der Waals surface area (Å²) >= 11 is 0. The molecule has 0 unspecified atom stereocenters. The van der Waals surface area contributed by atoms with E-state index < -0.39 is 0 Å². The molecule has 0 aromatic heterocycles. The first-order chi connectivity index (χ1) is 9.66. The van der Waals surface area contributed by atoms with Gasteiger partial charge in [-0.05, 0) is 61.4 Å². The van der Waals surface area contributed by atoms with E-state index in [-0.39, 0.29) is 0 Å². The van der Waals surface area contributed by atoms with Crippen molar-refractivity contribution in [1.82, 2.24) is 5.32 Å². The van der Waals surface area contributed by atoms with Crippen LogP contribution in [-0.2, 0) is 0 Å². The minimum Gasteiger partial charge on any atom is -0.492 e. The van der Waals surface area contributed by atoms with Crippen molar-refractivity contribution in [3.8, 4) is 5.75 Å². The maximum atomic E-state index is 5.82. The highest BCUT2D eigenvalue weighted by Gasteiger charge is 2.13. The van der Waals surface area contributed by atoms with Gasteiger partial charge in [0.05, 0.1) is 0 Å². The molecule has 1 aromatic rings. The van der Waals surface area contributed by atoms with E-state index in [9.17, 15) is 0 Å². The Morgan fingerprint density at radius 3 is 2.65 bits per heavy atom. The normalized spacial score (nSPS) is 16.0. The Hall–Kier alpha value is -1.02. The molecular formula is C18H29NO. The van der Waals surface area contributed by atoms with Crippen LogP contribution in [0.3, 0.4) is 0 Å². The largest absolute Gasteiger partial charge is 0.492 e. The quantitative estimate of drug-likeness (QED) is 0.750. The molecule has 0 spiro atoms. The fourth-order valence-corrected chi connectivity index (χ4v) is 3.15. The van der Waals surface area contributed by atoms with Gasteiger partial charge in [0, 0.05) is 6.54 Å². The minimum atomic E-state index is 0.581.